The fraction of sp³-hybridized carbons (Fsp3) is 0.500. The largest absolute Gasteiger partial charge is 1.00 e. The monoisotopic (exact) mass is 792 g/mol. The molecule has 16 heteroatoms. The molecule has 2 heterocycles. The average molecular weight is 794 g/mol. The molecule has 2 aromatic heterocycles. The van der Waals surface area contributed by atoms with E-state index >= 15 is 0 Å². The summed E-state index contributed by atoms with van der Waals surface area (Å²) in [6, 6.07) is 16.8. The second-order valence-corrected chi connectivity index (χ2v) is 14.3. The van der Waals surface area contributed by atoms with Crippen LogP contribution in [0.2, 0.25) is 0 Å². The number of anilines is 2. The molecule has 4 rings (SSSR count). The molecule has 0 saturated carbocycles. The number of aromatic nitrogens is 4. The molecule has 0 aliphatic heterocycles. The Hall–Kier alpha value is -3.14. The van der Waals surface area contributed by atoms with Gasteiger partial charge in [-0.1, -0.05) is 17.2 Å². The highest BCUT2D eigenvalue weighted by molar-refractivity contribution is 7.81. The van der Waals surface area contributed by atoms with E-state index in [9.17, 15) is 0 Å². The van der Waals surface area contributed by atoms with Crippen molar-refractivity contribution in [2.75, 3.05) is 76.5 Å². The quantitative estimate of drug-likeness (QED) is 0.0946. The number of rotatable bonds is 16. The first-order chi connectivity index (χ1) is 23.8. The summed E-state index contributed by atoms with van der Waals surface area (Å²) in [5, 5.41) is 17.7. The summed E-state index contributed by atoms with van der Waals surface area (Å²) in [5.41, 5.74) is 4.05. The molecule has 2 atom stereocenters. The van der Waals surface area contributed by atoms with Gasteiger partial charge in [0, 0.05) is 85.5 Å². The number of imidazole rings is 2. The van der Waals surface area contributed by atoms with E-state index in [2.05, 4.69) is 132 Å². The summed E-state index contributed by atoms with van der Waals surface area (Å²) in [6.45, 7) is 9.25. The number of azo groups is 2. The van der Waals surface area contributed by atoms with Crippen LogP contribution in [-0.4, -0.2) is 96.9 Å². The van der Waals surface area contributed by atoms with Crippen LogP contribution >= 0.6 is 25.3 Å². The van der Waals surface area contributed by atoms with Crippen molar-refractivity contribution in [1.29, 1.82) is 0 Å². The molecule has 0 amide bonds. The summed E-state index contributed by atoms with van der Waals surface area (Å²) >= 11 is 8.80. The molecule has 288 valence electrons. The van der Waals surface area contributed by atoms with Gasteiger partial charge in [-0.25, -0.2) is 18.3 Å². The summed E-state index contributed by atoms with van der Waals surface area (Å²) < 4.78 is 7.75. The molecule has 0 aliphatic carbocycles. The van der Waals surface area contributed by atoms with Crippen LogP contribution in [0.15, 0.2) is 93.8 Å². The van der Waals surface area contributed by atoms with Gasteiger partial charge in [-0.05, 0) is 69.6 Å². The smallest absolute Gasteiger partial charge is 0.421 e. The zero-order valence-corrected chi connectivity index (χ0v) is 35.6. The SMILES string of the molecule is CC(CS)N(C)CCN(C)c1ccc(N=Nc2n(C)cc[n+]2C)cc1.CC(S)CN(C)CCN(C)c1ccc(N=Nc2n(C)cc[n+]2C)cc1.[Cl-].[Cl-]. The molecule has 0 saturated heterocycles. The molecule has 0 radical (unpaired) electrons. The van der Waals surface area contributed by atoms with Gasteiger partial charge in [-0.3, -0.25) is 0 Å². The van der Waals surface area contributed by atoms with E-state index in [1.807, 2.05) is 95.5 Å². The van der Waals surface area contributed by atoms with Gasteiger partial charge in [0.25, 0.3) is 0 Å². The molecule has 2 unspecified atom stereocenters. The van der Waals surface area contributed by atoms with Crippen molar-refractivity contribution in [3.8, 4) is 0 Å². The fourth-order valence-electron chi connectivity index (χ4n) is 4.99. The third-order valence-corrected chi connectivity index (χ3v) is 9.27. The summed E-state index contributed by atoms with van der Waals surface area (Å²) in [7, 11) is 16.3. The van der Waals surface area contributed by atoms with Crippen LogP contribution in [0, 0.1) is 0 Å². The molecule has 0 N–H and O–H groups in total. The molecule has 0 aliphatic rings. The zero-order chi connectivity index (χ0) is 36.8. The second kappa shape index (κ2) is 23.5. The summed E-state index contributed by atoms with van der Waals surface area (Å²) in [6.07, 6.45) is 7.83. The maximum absolute atomic E-state index is 4.44. The first-order valence-electron chi connectivity index (χ1n) is 16.9. The van der Waals surface area contributed by atoms with Crippen LogP contribution in [0.3, 0.4) is 0 Å². The van der Waals surface area contributed by atoms with Gasteiger partial charge in [0.2, 0.25) is 0 Å². The van der Waals surface area contributed by atoms with Crippen LogP contribution < -0.4 is 43.7 Å². The Bertz CT molecular complexity index is 1600. The third-order valence-electron chi connectivity index (χ3n) is 8.58. The van der Waals surface area contributed by atoms with Crippen molar-refractivity contribution in [2.24, 2.45) is 48.6 Å². The lowest BCUT2D eigenvalue weighted by Crippen LogP contribution is -3.00. The highest BCUT2D eigenvalue weighted by Crippen LogP contribution is 2.22. The molecular weight excluding hydrogens is 736 g/mol. The average Bonchev–Trinajstić information content (AvgIpc) is 3.61. The molecule has 0 bridgehead atoms. The third kappa shape index (κ3) is 15.1. The predicted octanol–water partition coefficient (Wildman–Crippen LogP) is -0.0894. The number of benzene rings is 2. The Kier molecular flexibility index (Phi) is 21.2. The van der Waals surface area contributed by atoms with Crippen molar-refractivity contribution >= 4 is 59.9 Å². The summed E-state index contributed by atoms with van der Waals surface area (Å²) in [5.74, 6) is 2.49. The molecule has 0 spiro atoms. The molecule has 2 aromatic carbocycles. The number of hydrogen-bond acceptors (Lipinski definition) is 10. The summed E-state index contributed by atoms with van der Waals surface area (Å²) in [4.78, 5) is 9.13. The minimum Gasteiger partial charge on any atom is -1.00 e. The van der Waals surface area contributed by atoms with Crippen molar-refractivity contribution in [3.63, 3.8) is 0 Å². The standard InChI is InChI=1S/2C18H28N6S.2ClH/c1-15(14-25)21(2)10-11-22(3)17-8-6-16(7-9-17)19-20-18-23(4)12-13-24(18)5;1-15(25)14-21(2)10-11-22(3)17-8-6-16(7-9-17)19-20-18-23(4)12-13-24(18)5;;/h2*6-9,12-13,15H,10-11,14H2,1-5H3;2*1H. The molecule has 4 aromatic rings. The van der Waals surface area contributed by atoms with Gasteiger partial charge in [-0.2, -0.15) is 25.3 Å². The number of nitrogens with zero attached hydrogens (tertiary/aromatic N) is 12. The maximum Gasteiger partial charge on any atom is 0.421 e. The number of likely N-dealkylation sites (N-methyl/N-ethyl adjacent to an activating group) is 4. The Morgan fingerprint density at radius 1 is 0.654 bits per heavy atom. The topological polar surface area (TPSA) is 80.0 Å². The fourth-order valence-corrected chi connectivity index (χ4v) is 5.55. The van der Waals surface area contributed by atoms with E-state index in [1.165, 1.54) is 11.4 Å². The minimum absolute atomic E-state index is 0. The van der Waals surface area contributed by atoms with Gasteiger partial charge in [-0.15, -0.1) is 0 Å². The Morgan fingerprint density at radius 2 is 1.06 bits per heavy atom. The molecule has 52 heavy (non-hydrogen) atoms. The lowest BCUT2D eigenvalue weighted by molar-refractivity contribution is -0.657. The highest BCUT2D eigenvalue weighted by atomic mass is 35.5. The van der Waals surface area contributed by atoms with Crippen molar-refractivity contribution in [3.05, 3.63) is 73.3 Å². The Morgan fingerprint density at radius 3 is 1.40 bits per heavy atom. The zero-order valence-electron chi connectivity index (χ0n) is 32.3. The van der Waals surface area contributed by atoms with Gasteiger partial charge in [0.05, 0.1) is 53.0 Å². The predicted molar refractivity (Wildman–Crippen MR) is 213 cm³/mol. The van der Waals surface area contributed by atoms with Crippen LogP contribution in [0.1, 0.15) is 13.8 Å². The van der Waals surface area contributed by atoms with E-state index < -0.39 is 0 Å². The van der Waals surface area contributed by atoms with Crippen molar-refractivity contribution in [1.82, 2.24) is 18.9 Å². The Balaban J connectivity index is 0.000000501. The van der Waals surface area contributed by atoms with Crippen molar-refractivity contribution in [2.45, 2.75) is 25.1 Å². The van der Waals surface area contributed by atoms with E-state index in [0.717, 1.165) is 61.7 Å². The van der Waals surface area contributed by atoms with E-state index in [1.54, 1.807) is 0 Å². The van der Waals surface area contributed by atoms with Crippen LogP contribution in [-0.2, 0) is 28.2 Å². The first-order valence-corrected chi connectivity index (χ1v) is 18.1. The van der Waals surface area contributed by atoms with Crippen LogP contribution in [0.25, 0.3) is 0 Å². The lowest BCUT2D eigenvalue weighted by Gasteiger charge is -2.27. The maximum atomic E-state index is 4.44. The minimum atomic E-state index is 0. The molecule has 12 nitrogen and oxygen atoms in total. The lowest BCUT2D eigenvalue weighted by atomic mass is 10.2. The van der Waals surface area contributed by atoms with Crippen LogP contribution in [0.5, 0.6) is 0 Å². The number of thiol groups is 2. The first kappa shape index (κ1) is 46.9. The number of aryl methyl sites for hydroxylation is 4. The number of halogens is 2. The van der Waals surface area contributed by atoms with E-state index in [-0.39, 0.29) is 24.8 Å². The highest BCUT2D eigenvalue weighted by Gasteiger charge is 2.13. The van der Waals surface area contributed by atoms with Gasteiger partial charge < -0.3 is 44.4 Å². The molecular formula is C36H58Cl2N12S2. The number of hydrogen-bond donors (Lipinski definition) is 2. The van der Waals surface area contributed by atoms with Gasteiger partial charge >= 0.3 is 11.9 Å². The van der Waals surface area contributed by atoms with Crippen molar-refractivity contribution < 1.29 is 33.9 Å². The van der Waals surface area contributed by atoms with E-state index in [4.69, 9.17) is 0 Å². The van der Waals surface area contributed by atoms with Gasteiger partial charge in [0.1, 0.15) is 11.4 Å². The van der Waals surface area contributed by atoms with Gasteiger partial charge in [0.15, 0.2) is 0 Å². The molecule has 0 fully saturated rings. The normalized spacial score (nSPS) is 12.4. The van der Waals surface area contributed by atoms with Crippen LogP contribution in [0.4, 0.5) is 34.6 Å². The second-order valence-electron chi connectivity index (χ2n) is 13.0. The Labute approximate surface area is 334 Å². The van der Waals surface area contributed by atoms with E-state index in [0.29, 0.717) is 11.3 Å².